The van der Waals surface area contributed by atoms with Crippen LogP contribution in [0.4, 0.5) is 11.4 Å². The van der Waals surface area contributed by atoms with Gasteiger partial charge in [-0.05, 0) is 31.5 Å². The summed E-state index contributed by atoms with van der Waals surface area (Å²) in [5.74, 6) is 0. The number of nitrogens with zero attached hydrogens (tertiary/aromatic N) is 2. The first-order valence-corrected chi connectivity index (χ1v) is 5.87. The number of hydrogen-bond donors (Lipinski definition) is 1. The van der Waals surface area contributed by atoms with Crippen LogP contribution >= 0.6 is 0 Å². The van der Waals surface area contributed by atoms with Gasteiger partial charge in [-0.2, -0.15) is 5.26 Å². The molecule has 0 amide bonds. The summed E-state index contributed by atoms with van der Waals surface area (Å²) in [6.07, 6.45) is 1.22. The van der Waals surface area contributed by atoms with E-state index in [4.69, 9.17) is 15.7 Å². The van der Waals surface area contributed by atoms with Crippen LogP contribution in [0.15, 0.2) is 18.2 Å². The first-order chi connectivity index (χ1) is 8.20. The van der Waals surface area contributed by atoms with Crippen LogP contribution in [-0.4, -0.2) is 25.8 Å². The lowest BCUT2D eigenvalue weighted by molar-refractivity contribution is 0.0821. The molecule has 1 aliphatic rings. The van der Waals surface area contributed by atoms with Gasteiger partial charge in [0.05, 0.1) is 29.1 Å². The Bertz CT molecular complexity index is 439. The van der Waals surface area contributed by atoms with Crippen LogP contribution in [0.5, 0.6) is 0 Å². The molecule has 0 aliphatic carbocycles. The van der Waals surface area contributed by atoms with Crippen molar-refractivity contribution in [2.45, 2.75) is 19.4 Å². The Kier molecular flexibility index (Phi) is 3.50. The van der Waals surface area contributed by atoms with Gasteiger partial charge >= 0.3 is 0 Å². The van der Waals surface area contributed by atoms with Gasteiger partial charge in [-0.3, -0.25) is 0 Å². The van der Waals surface area contributed by atoms with Crippen molar-refractivity contribution in [2.24, 2.45) is 0 Å². The molecule has 4 heteroatoms. The number of nitrogen functional groups attached to an aromatic ring is 1. The Morgan fingerprint density at radius 1 is 1.53 bits per heavy atom. The summed E-state index contributed by atoms with van der Waals surface area (Å²) in [4.78, 5) is 2.23. The molecule has 1 fully saturated rings. The molecule has 1 heterocycles. The second-order valence-electron chi connectivity index (χ2n) is 4.37. The summed E-state index contributed by atoms with van der Waals surface area (Å²) in [6, 6.07) is 7.55. The van der Waals surface area contributed by atoms with Crippen LogP contribution < -0.4 is 10.6 Å². The third-order valence-corrected chi connectivity index (χ3v) is 2.95. The number of rotatable bonds is 1. The predicted molar refractivity (Wildman–Crippen MR) is 67.8 cm³/mol. The van der Waals surface area contributed by atoms with Crippen LogP contribution in [0.25, 0.3) is 0 Å². The molecule has 17 heavy (non-hydrogen) atoms. The van der Waals surface area contributed by atoms with Crippen molar-refractivity contribution in [1.82, 2.24) is 0 Å². The molecule has 0 spiro atoms. The van der Waals surface area contributed by atoms with Gasteiger partial charge in [0.15, 0.2) is 0 Å². The van der Waals surface area contributed by atoms with E-state index in [0.29, 0.717) is 11.3 Å². The topological polar surface area (TPSA) is 62.3 Å². The van der Waals surface area contributed by atoms with Crippen LogP contribution in [0.3, 0.4) is 0 Å². The smallest absolute Gasteiger partial charge is 0.0992 e. The molecule has 1 aromatic rings. The van der Waals surface area contributed by atoms with Crippen molar-refractivity contribution < 1.29 is 4.74 Å². The van der Waals surface area contributed by atoms with Crippen molar-refractivity contribution in [3.05, 3.63) is 23.8 Å². The van der Waals surface area contributed by atoms with Gasteiger partial charge in [-0.25, -0.2) is 0 Å². The summed E-state index contributed by atoms with van der Waals surface area (Å²) in [7, 11) is 0. The summed E-state index contributed by atoms with van der Waals surface area (Å²) < 4.78 is 5.60. The maximum Gasteiger partial charge on any atom is 0.0992 e. The summed E-state index contributed by atoms with van der Waals surface area (Å²) in [6.45, 7) is 4.66. The molecule has 1 aromatic carbocycles. The lowest BCUT2D eigenvalue weighted by Crippen LogP contribution is -2.30. The highest BCUT2D eigenvalue weighted by Gasteiger charge is 2.17. The Hall–Kier alpha value is -1.73. The van der Waals surface area contributed by atoms with E-state index in [0.717, 1.165) is 31.8 Å². The molecule has 0 aromatic heterocycles. The maximum absolute atomic E-state index is 8.81. The number of nitrogens with two attached hydrogens (primary N) is 1. The molecule has 1 unspecified atom stereocenters. The maximum atomic E-state index is 8.81. The highest BCUT2D eigenvalue weighted by molar-refractivity contribution is 5.69. The second-order valence-corrected chi connectivity index (χ2v) is 4.37. The normalized spacial score (nSPS) is 20.7. The molecule has 90 valence electrons. The van der Waals surface area contributed by atoms with Gasteiger partial charge < -0.3 is 15.4 Å². The Balaban J connectivity index is 2.24. The lowest BCUT2D eigenvalue weighted by atomic mass is 10.1. The Labute approximate surface area is 102 Å². The zero-order chi connectivity index (χ0) is 12.3. The highest BCUT2D eigenvalue weighted by Crippen LogP contribution is 2.25. The third kappa shape index (κ3) is 2.69. The number of benzene rings is 1. The number of anilines is 2. The zero-order valence-corrected chi connectivity index (χ0v) is 10.0. The van der Waals surface area contributed by atoms with E-state index in [-0.39, 0.29) is 6.10 Å². The average molecular weight is 231 g/mol. The predicted octanol–water partition coefficient (Wildman–Crippen LogP) is 1.76. The summed E-state index contributed by atoms with van der Waals surface area (Å²) in [5.41, 5.74) is 8.26. The molecule has 0 radical (unpaired) electrons. The quantitative estimate of drug-likeness (QED) is 0.748. The van der Waals surface area contributed by atoms with Crippen molar-refractivity contribution >= 4 is 11.4 Å². The lowest BCUT2D eigenvalue weighted by Gasteiger charge is -2.25. The standard InChI is InChI=1S/C13H17N3O/c1-10-9-16(5-2-6-17-10)13-4-3-11(8-14)7-12(13)15/h3-4,7,10H,2,5-6,9,15H2,1H3. The fourth-order valence-corrected chi connectivity index (χ4v) is 2.13. The molecule has 1 saturated heterocycles. The van der Waals surface area contributed by atoms with Crippen LogP contribution in [0, 0.1) is 11.3 Å². The molecule has 4 nitrogen and oxygen atoms in total. The Morgan fingerprint density at radius 2 is 2.35 bits per heavy atom. The van der Waals surface area contributed by atoms with Crippen molar-refractivity contribution in [3.8, 4) is 6.07 Å². The minimum absolute atomic E-state index is 0.215. The first-order valence-electron chi connectivity index (χ1n) is 5.87. The van der Waals surface area contributed by atoms with Crippen molar-refractivity contribution in [1.29, 1.82) is 5.26 Å². The zero-order valence-electron chi connectivity index (χ0n) is 10.0. The summed E-state index contributed by atoms with van der Waals surface area (Å²) >= 11 is 0. The van der Waals surface area contributed by atoms with Crippen LogP contribution in [-0.2, 0) is 4.74 Å². The summed E-state index contributed by atoms with van der Waals surface area (Å²) in [5, 5.41) is 8.81. The number of nitriles is 1. The SMILES string of the molecule is CC1CN(c2ccc(C#N)cc2N)CCCO1. The van der Waals surface area contributed by atoms with E-state index in [1.54, 1.807) is 6.07 Å². The van der Waals surface area contributed by atoms with Crippen LogP contribution in [0.1, 0.15) is 18.9 Å². The average Bonchev–Trinajstić information content (AvgIpc) is 2.53. The highest BCUT2D eigenvalue weighted by atomic mass is 16.5. The number of ether oxygens (including phenoxy) is 1. The van der Waals surface area contributed by atoms with Crippen molar-refractivity contribution in [2.75, 3.05) is 30.3 Å². The van der Waals surface area contributed by atoms with E-state index in [9.17, 15) is 0 Å². The van der Waals surface area contributed by atoms with Crippen LogP contribution in [0.2, 0.25) is 0 Å². The fourth-order valence-electron chi connectivity index (χ4n) is 2.13. The largest absolute Gasteiger partial charge is 0.397 e. The van der Waals surface area contributed by atoms with Gasteiger partial charge in [0.2, 0.25) is 0 Å². The molecular formula is C13H17N3O. The number of hydrogen-bond acceptors (Lipinski definition) is 4. The van der Waals surface area contributed by atoms with E-state index < -0.39 is 0 Å². The molecule has 2 rings (SSSR count). The molecule has 0 bridgehead atoms. The van der Waals surface area contributed by atoms with Crippen molar-refractivity contribution in [3.63, 3.8) is 0 Å². The molecule has 0 saturated carbocycles. The Morgan fingerprint density at radius 3 is 3.06 bits per heavy atom. The van der Waals surface area contributed by atoms with Gasteiger partial charge in [-0.1, -0.05) is 0 Å². The van der Waals surface area contributed by atoms with Gasteiger partial charge in [0, 0.05) is 19.7 Å². The fraction of sp³-hybridized carbons (Fsp3) is 0.462. The molecular weight excluding hydrogens is 214 g/mol. The van der Waals surface area contributed by atoms with Gasteiger partial charge in [0.25, 0.3) is 0 Å². The van der Waals surface area contributed by atoms with E-state index in [1.165, 1.54) is 0 Å². The minimum Gasteiger partial charge on any atom is -0.397 e. The van der Waals surface area contributed by atoms with Gasteiger partial charge in [0.1, 0.15) is 0 Å². The first kappa shape index (κ1) is 11.7. The third-order valence-electron chi connectivity index (χ3n) is 2.95. The van der Waals surface area contributed by atoms with E-state index in [1.807, 2.05) is 12.1 Å². The monoisotopic (exact) mass is 231 g/mol. The second kappa shape index (κ2) is 5.07. The molecule has 1 aliphatic heterocycles. The molecule has 2 N–H and O–H groups in total. The van der Waals surface area contributed by atoms with E-state index >= 15 is 0 Å². The van der Waals surface area contributed by atoms with E-state index in [2.05, 4.69) is 17.9 Å². The van der Waals surface area contributed by atoms with Gasteiger partial charge in [-0.15, -0.1) is 0 Å². The minimum atomic E-state index is 0.215. The molecule has 1 atom stereocenters.